The Labute approximate surface area is 99.6 Å². The summed E-state index contributed by atoms with van der Waals surface area (Å²) >= 11 is 5.96. The lowest BCUT2D eigenvalue weighted by Crippen LogP contribution is -2.21. The highest BCUT2D eigenvalue weighted by molar-refractivity contribution is 6.31. The third-order valence-corrected chi connectivity index (χ3v) is 3.43. The van der Waals surface area contributed by atoms with Crippen molar-refractivity contribution in [1.29, 1.82) is 0 Å². The molecule has 1 aliphatic rings. The molecular formula is C12H15ClFNO. The van der Waals surface area contributed by atoms with Gasteiger partial charge in [-0.2, -0.15) is 0 Å². The third-order valence-electron chi connectivity index (χ3n) is 3.07. The van der Waals surface area contributed by atoms with E-state index in [2.05, 4.69) is 4.90 Å². The van der Waals surface area contributed by atoms with E-state index in [1.807, 2.05) is 0 Å². The fourth-order valence-electron chi connectivity index (χ4n) is 2.11. The van der Waals surface area contributed by atoms with Crippen molar-refractivity contribution in [3.8, 4) is 0 Å². The average Bonchev–Trinajstić information content (AvgIpc) is 2.71. The molecule has 0 aliphatic carbocycles. The lowest BCUT2D eigenvalue weighted by molar-refractivity contribution is 0.219. The van der Waals surface area contributed by atoms with E-state index in [9.17, 15) is 4.39 Å². The van der Waals surface area contributed by atoms with Crippen LogP contribution >= 0.6 is 11.6 Å². The van der Waals surface area contributed by atoms with E-state index >= 15 is 0 Å². The molecule has 0 radical (unpaired) electrons. The van der Waals surface area contributed by atoms with Crippen LogP contribution < -0.4 is 0 Å². The molecule has 1 aromatic rings. The lowest BCUT2D eigenvalue weighted by Gasteiger charge is -2.16. The summed E-state index contributed by atoms with van der Waals surface area (Å²) in [6, 6.07) is 4.75. The zero-order valence-corrected chi connectivity index (χ0v) is 9.75. The smallest absolute Gasteiger partial charge is 0.129 e. The Morgan fingerprint density at radius 3 is 2.94 bits per heavy atom. The van der Waals surface area contributed by atoms with Crippen molar-refractivity contribution in [1.82, 2.24) is 4.90 Å². The second-order valence-electron chi connectivity index (χ2n) is 4.27. The number of aliphatic hydroxyl groups is 1. The van der Waals surface area contributed by atoms with Crippen LogP contribution in [0.15, 0.2) is 18.2 Å². The highest BCUT2D eigenvalue weighted by Gasteiger charge is 2.23. The summed E-state index contributed by atoms with van der Waals surface area (Å²) in [5, 5.41) is 9.51. The Balaban J connectivity index is 2.04. The SMILES string of the molecule is OC[C@@H]1CCN(Cc2c(F)cccc2Cl)C1. The minimum Gasteiger partial charge on any atom is -0.396 e. The van der Waals surface area contributed by atoms with Gasteiger partial charge in [0.1, 0.15) is 5.82 Å². The van der Waals surface area contributed by atoms with Gasteiger partial charge in [-0.05, 0) is 31.0 Å². The van der Waals surface area contributed by atoms with E-state index in [0.717, 1.165) is 19.5 Å². The Morgan fingerprint density at radius 2 is 2.31 bits per heavy atom. The first kappa shape index (κ1) is 11.8. The molecule has 1 heterocycles. The summed E-state index contributed by atoms with van der Waals surface area (Å²) in [6.45, 7) is 2.46. The number of likely N-dealkylation sites (tertiary alicyclic amines) is 1. The van der Waals surface area contributed by atoms with Crippen molar-refractivity contribution in [3.05, 3.63) is 34.6 Å². The van der Waals surface area contributed by atoms with Crippen LogP contribution in [0.2, 0.25) is 5.02 Å². The Morgan fingerprint density at radius 1 is 1.50 bits per heavy atom. The second-order valence-corrected chi connectivity index (χ2v) is 4.68. The van der Waals surface area contributed by atoms with Crippen molar-refractivity contribution >= 4 is 11.6 Å². The summed E-state index contributed by atoms with van der Waals surface area (Å²) in [6.07, 6.45) is 0.975. The van der Waals surface area contributed by atoms with Gasteiger partial charge in [0, 0.05) is 30.3 Å². The quantitative estimate of drug-likeness (QED) is 0.881. The number of halogens is 2. The first-order chi connectivity index (χ1) is 7.70. The summed E-state index contributed by atoms with van der Waals surface area (Å²) < 4.78 is 13.5. The number of hydrogen-bond donors (Lipinski definition) is 1. The topological polar surface area (TPSA) is 23.5 Å². The van der Waals surface area contributed by atoms with Crippen molar-refractivity contribution in [3.63, 3.8) is 0 Å². The van der Waals surface area contributed by atoms with Gasteiger partial charge in [-0.3, -0.25) is 4.90 Å². The molecular weight excluding hydrogens is 229 g/mol. The van der Waals surface area contributed by atoms with Crippen LogP contribution in [-0.4, -0.2) is 29.7 Å². The molecule has 2 rings (SSSR count). The predicted molar refractivity (Wildman–Crippen MR) is 61.9 cm³/mol. The van der Waals surface area contributed by atoms with Crippen LogP contribution in [0, 0.1) is 11.7 Å². The van der Waals surface area contributed by atoms with E-state index in [-0.39, 0.29) is 12.4 Å². The van der Waals surface area contributed by atoms with E-state index in [0.29, 0.717) is 23.0 Å². The van der Waals surface area contributed by atoms with Crippen molar-refractivity contribution in [2.75, 3.05) is 19.7 Å². The maximum Gasteiger partial charge on any atom is 0.129 e. The molecule has 1 N–H and O–H groups in total. The Bertz CT molecular complexity index is 352. The molecule has 1 atom stereocenters. The first-order valence-electron chi connectivity index (χ1n) is 5.47. The van der Waals surface area contributed by atoms with Gasteiger partial charge in [0.05, 0.1) is 0 Å². The van der Waals surface area contributed by atoms with Gasteiger partial charge in [-0.25, -0.2) is 4.39 Å². The van der Waals surface area contributed by atoms with Gasteiger partial charge in [0.15, 0.2) is 0 Å². The van der Waals surface area contributed by atoms with Crippen LogP contribution in [0.5, 0.6) is 0 Å². The van der Waals surface area contributed by atoms with Gasteiger partial charge in [-0.15, -0.1) is 0 Å². The fourth-order valence-corrected chi connectivity index (χ4v) is 2.34. The standard InChI is InChI=1S/C12H15ClFNO/c13-11-2-1-3-12(14)10(11)7-15-5-4-9(6-15)8-16/h1-3,9,16H,4-8H2/t9-/m1/s1. The van der Waals surface area contributed by atoms with Crippen LogP contribution in [0.3, 0.4) is 0 Å². The predicted octanol–water partition coefficient (Wildman–Crippen LogP) is 2.29. The van der Waals surface area contributed by atoms with E-state index in [1.165, 1.54) is 6.07 Å². The number of nitrogens with zero attached hydrogens (tertiary/aromatic N) is 1. The fraction of sp³-hybridized carbons (Fsp3) is 0.500. The van der Waals surface area contributed by atoms with Gasteiger partial charge >= 0.3 is 0 Å². The molecule has 1 aliphatic heterocycles. The second kappa shape index (κ2) is 5.13. The molecule has 0 bridgehead atoms. The molecule has 1 aromatic carbocycles. The zero-order valence-electron chi connectivity index (χ0n) is 9.00. The van der Waals surface area contributed by atoms with Crippen molar-refractivity contribution < 1.29 is 9.50 Å². The monoisotopic (exact) mass is 243 g/mol. The van der Waals surface area contributed by atoms with Crippen LogP contribution in [0.1, 0.15) is 12.0 Å². The molecule has 1 saturated heterocycles. The Kier molecular flexibility index (Phi) is 3.79. The minimum atomic E-state index is -0.250. The number of benzene rings is 1. The third kappa shape index (κ3) is 2.54. The van der Waals surface area contributed by atoms with E-state index in [1.54, 1.807) is 12.1 Å². The Hall–Kier alpha value is -0.640. The average molecular weight is 244 g/mol. The zero-order chi connectivity index (χ0) is 11.5. The molecule has 0 spiro atoms. The van der Waals surface area contributed by atoms with E-state index < -0.39 is 0 Å². The van der Waals surface area contributed by atoms with Crippen LogP contribution in [0.4, 0.5) is 4.39 Å². The molecule has 4 heteroatoms. The molecule has 0 unspecified atom stereocenters. The summed E-state index contributed by atoms with van der Waals surface area (Å²) in [7, 11) is 0. The number of hydrogen-bond acceptors (Lipinski definition) is 2. The lowest BCUT2D eigenvalue weighted by atomic mass is 10.1. The number of rotatable bonds is 3. The summed E-state index contributed by atoms with van der Waals surface area (Å²) in [5.74, 6) is 0.0745. The van der Waals surface area contributed by atoms with Gasteiger partial charge in [-0.1, -0.05) is 17.7 Å². The molecule has 0 amide bonds. The van der Waals surface area contributed by atoms with Crippen LogP contribution in [-0.2, 0) is 6.54 Å². The number of aliphatic hydroxyl groups excluding tert-OH is 1. The van der Waals surface area contributed by atoms with Gasteiger partial charge < -0.3 is 5.11 Å². The molecule has 0 aromatic heterocycles. The summed E-state index contributed by atoms with van der Waals surface area (Å²) in [5.41, 5.74) is 0.558. The van der Waals surface area contributed by atoms with Crippen LogP contribution in [0.25, 0.3) is 0 Å². The maximum absolute atomic E-state index is 13.5. The molecule has 1 fully saturated rings. The maximum atomic E-state index is 13.5. The molecule has 88 valence electrons. The first-order valence-corrected chi connectivity index (χ1v) is 5.84. The summed E-state index contributed by atoms with van der Waals surface area (Å²) in [4.78, 5) is 2.13. The molecule has 0 saturated carbocycles. The van der Waals surface area contributed by atoms with Gasteiger partial charge in [0.25, 0.3) is 0 Å². The highest BCUT2D eigenvalue weighted by atomic mass is 35.5. The van der Waals surface area contributed by atoms with E-state index in [4.69, 9.17) is 16.7 Å². The van der Waals surface area contributed by atoms with Gasteiger partial charge in [0.2, 0.25) is 0 Å². The highest BCUT2D eigenvalue weighted by Crippen LogP contribution is 2.24. The van der Waals surface area contributed by atoms with Crippen molar-refractivity contribution in [2.24, 2.45) is 5.92 Å². The van der Waals surface area contributed by atoms with Crippen molar-refractivity contribution in [2.45, 2.75) is 13.0 Å². The normalized spacial score (nSPS) is 21.6. The molecule has 16 heavy (non-hydrogen) atoms. The largest absolute Gasteiger partial charge is 0.396 e. The minimum absolute atomic E-state index is 0.210. The molecule has 2 nitrogen and oxygen atoms in total.